The van der Waals surface area contributed by atoms with Crippen molar-refractivity contribution in [1.29, 1.82) is 0 Å². The minimum absolute atomic E-state index is 0.107. The van der Waals surface area contributed by atoms with Crippen molar-refractivity contribution in [2.75, 3.05) is 32.9 Å². The number of amides is 1. The van der Waals surface area contributed by atoms with Crippen LogP contribution < -0.4 is 4.74 Å². The molecule has 1 rings (SSSR count). The van der Waals surface area contributed by atoms with E-state index >= 15 is 0 Å². The molecule has 1 aromatic carbocycles. The maximum atomic E-state index is 11.8. The molecule has 0 atom stereocenters. The first-order valence-electron chi connectivity index (χ1n) is 6.36. The summed E-state index contributed by atoms with van der Waals surface area (Å²) in [4.78, 5) is 13.2. The van der Waals surface area contributed by atoms with Gasteiger partial charge in [-0.3, -0.25) is 4.79 Å². The number of ether oxygens (including phenoxy) is 1. The van der Waals surface area contributed by atoms with Gasteiger partial charge in [0.05, 0.1) is 26.2 Å². The highest BCUT2D eigenvalue weighted by Gasteiger charge is 2.12. The summed E-state index contributed by atoms with van der Waals surface area (Å²) < 4.78 is 5.47. The van der Waals surface area contributed by atoms with Crippen LogP contribution in [0.15, 0.2) is 24.3 Å². The van der Waals surface area contributed by atoms with E-state index in [2.05, 4.69) is 0 Å². The minimum Gasteiger partial charge on any atom is -0.493 e. The monoisotopic (exact) mass is 267 g/mol. The van der Waals surface area contributed by atoms with E-state index in [-0.39, 0.29) is 45.2 Å². The maximum absolute atomic E-state index is 11.8. The molecule has 0 saturated carbocycles. The molecule has 0 radical (unpaired) electrons. The molecular weight excluding hydrogens is 246 g/mol. The van der Waals surface area contributed by atoms with Gasteiger partial charge in [0.2, 0.25) is 5.91 Å². The second-order valence-corrected chi connectivity index (χ2v) is 4.24. The van der Waals surface area contributed by atoms with Crippen LogP contribution in [0, 0.1) is 6.92 Å². The van der Waals surface area contributed by atoms with Crippen molar-refractivity contribution in [1.82, 2.24) is 4.90 Å². The molecule has 0 aliphatic carbocycles. The maximum Gasteiger partial charge on any atom is 0.226 e. The molecule has 0 bridgehead atoms. The van der Waals surface area contributed by atoms with Gasteiger partial charge in [0, 0.05) is 13.1 Å². The molecule has 0 unspecified atom stereocenters. The molecule has 0 fully saturated rings. The summed E-state index contributed by atoms with van der Waals surface area (Å²) >= 11 is 0. The fourth-order valence-corrected chi connectivity index (χ4v) is 1.65. The van der Waals surface area contributed by atoms with Crippen molar-refractivity contribution in [3.63, 3.8) is 0 Å². The van der Waals surface area contributed by atoms with Gasteiger partial charge < -0.3 is 19.8 Å². The summed E-state index contributed by atoms with van der Waals surface area (Å²) in [5.41, 5.74) is 1.15. The molecule has 19 heavy (non-hydrogen) atoms. The number of aryl methyl sites for hydroxylation is 1. The summed E-state index contributed by atoms with van der Waals surface area (Å²) in [6.07, 6.45) is 0.230. The summed E-state index contributed by atoms with van der Waals surface area (Å²) in [7, 11) is 0. The number of nitrogens with zero attached hydrogens (tertiary/aromatic N) is 1. The van der Waals surface area contributed by atoms with Crippen molar-refractivity contribution in [3.05, 3.63) is 29.8 Å². The van der Waals surface area contributed by atoms with E-state index in [9.17, 15) is 4.79 Å². The zero-order chi connectivity index (χ0) is 14.1. The van der Waals surface area contributed by atoms with E-state index in [0.717, 1.165) is 11.3 Å². The molecule has 0 aliphatic heterocycles. The second kappa shape index (κ2) is 8.50. The standard InChI is InChI=1S/C14H21NO4/c1-12-2-4-13(5-3-12)19-11-6-14(18)15(7-9-16)8-10-17/h2-5,16-17H,6-11H2,1H3. The van der Waals surface area contributed by atoms with E-state index in [0.29, 0.717) is 0 Å². The van der Waals surface area contributed by atoms with Crippen LogP contribution in [0.5, 0.6) is 5.75 Å². The molecule has 0 heterocycles. The van der Waals surface area contributed by atoms with Crippen molar-refractivity contribution >= 4 is 5.91 Å². The number of benzene rings is 1. The topological polar surface area (TPSA) is 70.0 Å². The Kier molecular flexibility index (Phi) is 6.92. The Labute approximate surface area is 113 Å². The van der Waals surface area contributed by atoms with Gasteiger partial charge in [-0.2, -0.15) is 0 Å². The van der Waals surface area contributed by atoms with Crippen molar-refractivity contribution < 1.29 is 19.7 Å². The minimum atomic E-state index is -0.129. The fraction of sp³-hybridized carbons (Fsp3) is 0.500. The third kappa shape index (κ3) is 5.72. The highest BCUT2D eigenvalue weighted by Crippen LogP contribution is 2.11. The zero-order valence-electron chi connectivity index (χ0n) is 11.2. The average molecular weight is 267 g/mol. The summed E-state index contributed by atoms with van der Waals surface area (Å²) in [6.45, 7) is 2.55. The number of aliphatic hydroxyl groups is 2. The number of hydrogen-bond acceptors (Lipinski definition) is 4. The van der Waals surface area contributed by atoms with Crippen LogP contribution in [0.25, 0.3) is 0 Å². The van der Waals surface area contributed by atoms with Crippen LogP contribution in [0.3, 0.4) is 0 Å². The Morgan fingerprint density at radius 1 is 1.16 bits per heavy atom. The fourth-order valence-electron chi connectivity index (χ4n) is 1.65. The lowest BCUT2D eigenvalue weighted by Gasteiger charge is -2.20. The normalized spacial score (nSPS) is 10.3. The van der Waals surface area contributed by atoms with Gasteiger partial charge in [-0.15, -0.1) is 0 Å². The van der Waals surface area contributed by atoms with Gasteiger partial charge in [0.25, 0.3) is 0 Å². The predicted octanol–water partition coefficient (Wildman–Crippen LogP) is 0.577. The Balaban J connectivity index is 2.34. The number of aliphatic hydroxyl groups excluding tert-OH is 2. The molecule has 1 aromatic rings. The number of rotatable bonds is 8. The van der Waals surface area contributed by atoms with Gasteiger partial charge in [0.15, 0.2) is 0 Å². The number of carbonyl (C=O) groups excluding carboxylic acids is 1. The van der Waals surface area contributed by atoms with E-state index in [1.54, 1.807) is 0 Å². The largest absolute Gasteiger partial charge is 0.493 e. The summed E-state index contributed by atoms with van der Waals surface area (Å²) in [5.74, 6) is 0.601. The lowest BCUT2D eigenvalue weighted by atomic mass is 10.2. The van der Waals surface area contributed by atoms with Gasteiger partial charge in [-0.25, -0.2) is 0 Å². The van der Waals surface area contributed by atoms with Crippen molar-refractivity contribution in [3.8, 4) is 5.75 Å². The van der Waals surface area contributed by atoms with Gasteiger partial charge in [-0.05, 0) is 19.1 Å². The first kappa shape index (κ1) is 15.5. The highest BCUT2D eigenvalue weighted by atomic mass is 16.5. The van der Waals surface area contributed by atoms with E-state index in [4.69, 9.17) is 14.9 Å². The zero-order valence-corrected chi connectivity index (χ0v) is 11.2. The van der Waals surface area contributed by atoms with Crippen LogP contribution in [0.1, 0.15) is 12.0 Å². The molecule has 5 nitrogen and oxygen atoms in total. The second-order valence-electron chi connectivity index (χ2n) is 4.24. The van der Waals surface area contributed by atoms with Crippen LogP contribution in [-0.2, 0) is 4.79 Å². The van der Waals surface area contributed by atoms with Gasteiger partial charge >= 0.3 is 0 Å². The van der Waals surface area contributed by atoms with Crippen LogP contribution in [0.2, 0.25) is 0 Å². The lowest BCUT2D eigenvalue weighted by molar-refractivity contribution is -0.132. The Morgan fingerprint density at radius 3 is 2.26 bits per heavy atom. The molecule has 2 N–H and O–H groups in total. The quantitative estimate of drug-likeness (QED) is 0.723. The van der Waals surface area contributed by atoms with E-state index in [1.807, 2.05) is 31.2 Å². The smallest absolute Gasteiger partial charge is 0.226 e. The Hall–Kier alpha value is -1.59. The molecule has 0 aromatic heterocycles. The first-order valence-corrected chi connectivity index (χ1v) is 6.36. The average Bonchev–Trinajstić information content (AvgIpc) is 2.40. The highest BCUT2D eigenvalue weighted by molar-refractivity contribution is 5.76. The summed E-state index contributed by atoms with van der Waals surface area (Å²) in [6, 6.07) is 7.61. The molecular formula is C14H21NO4. The van der Waals surface area contributed by atoms with Crippen molar-refractivity contribution in [2.24, 2.45) is 0 Å². The SMILES string of the molecule is Cc1ccc(OCCC(=O)N(CCO)CCO)cc1. The molecule has 0 aliphatic rings. The van der Waals surface area contributed by atoms with Gasteiger partial charge in [0.1, 0.15) is 5.75 Å². The Bertz CT molecular complexity index is 372. The van der Waals surface area contributed by atoms with Crippen molar-refractivity contribution in [2.45, 2.75) is 13.3 Å². The first-order chi connectivity index (χ1) is 9.17. The third-order valence-electron chi connectivity index (χ3n) is 2.70. The van der Waals surface area contributed by atoms with Gasteiger partial charge in [-0.1, -0.05) is 17.7 Å². The van der Waals surface area contributed by atoms with Crippen LogP contribution in [-0.4, -0.2) is 53.9 Å². The molecule has 0 saturated heterocycles. The van der Waals surface area contributed by atoms with E-state index < -0.39 is 0 Å². The Morgan fingerprint density at radius 2 is 1.74 bits per heavy atom. The number of hydrogen-bond donors (Lipinski definition) is 2. The molecule has 0 spiro atoms. The van der Waals surface area contributed by atoms with E-state index in [1.165, 1.54) is 4.90 Å². The third-order valence-corrected chi connectivity index (χ3v) is 2.70. The van der Waals surface area contributed by atoms with Crippen LogP contribution in [0.4, 0.5) is 0 Å². The lowest BCUT2D eigenvalue weighted by Crippen LogP contribution is -2.36. The molecule has 5 heteroatoms. The van der Waals surface area contributed by atoms with Crippen LogP contribution >= 0.6 is 0 Å². The molecule has 106 valence electrons. The molecule has 1 amide bonds. The predicted molar refractivity (Wildman–Crippen MR) is 72.0 cm³/mol. The number of carbonyl (C=O) groups is 1. The summed E-state index contributed by atoms with van der Waals surface area (Å²) in [5, 5.41) is 17.7.